The van der Waals surface area contributed by atoms with Gasteiger partial charge in [-0.1, -0.05) is 0 Å². The van der Waals surface area contributed by atoms with Crippen LogP contribution in [0.3, 0.4) is 0 Å². The summed E-state index contributed by atoms with van der Waals surface area (Å²) in [5.41, 5.74) is 0.182. The van der Waals surface area contributed by atoms with Crippen LogP contribution in [-0.2, 0) is 13.6 Å². The van der Waals surface area contributed by atoms with Gasteiger partial charge in [-0.15, -0.1) is 0 Å². The first-order valence-electron chi connectivity index (χ1n) is 6.25. The molecule has 106 valence electrons. The first-order valence-corrected chi connectivity index (χ1v) is 6.25. The third kappa shape index (κ3) is 3.11. The van der Waals surface area contributed by atoms with Gasteiger partial charge in [0.1, 0.15) is 17.5 Å². The Kier molecular flexibility index (Phi) is 4.29. The maximum atomic E-state index is 13.2. The number of halogens is 1. The fraction of sp³-hybridized carbons (Fsp3) is 0.308. The highest BCUT2D eigenvalue weighted by atomic mass is 19.1. The number of carbonyl (C=O) groups excluding carboxylic acids is 1. The maximum Gasteiger partial charge on any atom is 0.255 e. The lowest BCUT2D eigenvalue weighted by Gasteiger charge is -2.10. The number of amides is 1. The molecule has 0 saturated carbocycles. The fourth-order valence-corrected chi connectivity index (χ4v) is 1.74. The van der Waals surface area contributed by atoms with Crippen LogP contribution in [0.5, 0.6) is 0 Å². The molecule has 1 amide bonds. The summed E-state index contributed by atoms with van der Waals surface area (Å²) in [4.78, 5) is 20.1. The number of imidazole rings is 1. The zero-order chi connectivity index (χ0) is 14.5. The van der Waals surface area contributed by atoms with Crippen molar-refractivity contribution in [2.45, 2.75) is 13.5 Å². The van der Waals surface area contributed by atoms with Crippen molar-refractivity contribution < 1.29 is 9.18 Å². The number of hydrogen-bond donors (Lipinski definition) is 2. The summed E-state index contributed by atoms with van der Waals surface area (Å²) in [6, 6.07) is 1.17. The zero-order valence-electron chi connectivity index (χ0n) is 11.4. The van der Waals surface area contributed by atoms with Gasteiger partial charge < -0.3 is 15.2 Å². The highest BCUT2D eigenvalue weighted by Crippen LogP contribution is 2.13. The molecule has 0 aromatic carbocycles. The Morgan fingerprint density at radius 3 is 2.90 bits per heavy atom. The normalized spacial score (nSPS) is 10.3. The highest BCUT2D eigenvalue weighted by molar-refractivity contribution is 5.98. The molecule has 6 nitrogen and oxygen atoms in total. The Labute approximate surface area is 116 Å². The average Bonchev–Trinajstić information content (AvgIpc) is 2.84. The first kappa shape index (κ1) is 14.0. The summed E-state index contributed by atoms with van der Waals surface area (Å²) >= 11 is 0. The van der Waals surface area contributed by atoms with Crippen LogP contribution in [0.4, 0.5) is 10.2 Å². The van der Waals surface area contributed by atoms with Crippen molar-refractivity contribution in [1.82, 2.24) is 19.9 Å². The van der Waals surface area contributed by atoms with Crippen LogP contribution in [0.2, 0.25) is 0 Å². The molecule has 0 spiro atoms. The minimum Gasteiger partial charge on any atom is -0.370 e. The topological polar surface area (TPSA) is 71.8 Å². The fourth-order valence-electron chi connectivity index (χ4n) is 1.74. The monoisotopic (exact) mass is 277 g/mol. The number of nitrogens with zero attached hydrogens (tertiary/aromatic N) is 3. The van der Waals surface area contributed by atoms with Crippen LogP contribution in [0.15, 0.2) is 24.7 Å². The van der Waals surface area contributed by atoms with Crippen molar-refractivity contribution in [2.75, 3.05) is 11.9 Å². The third-order valence-corrected chi connectivity index (χ3v) is 2.77. The number of aromatic nitrogens is 3. The molecule has 2 aromatic rings. The Morgan fingerprint density at radius 2 is 2.25 bits per heavy atom. The number of nitrogens with one attached hydrogen (secondary N) is 2. The second-order valence-electron chi connectivity index (χ2n) is 4.22. The molecule has 0 aliphatic rings. The first-order chi connectivity index (χ1) is 9.61. The van der Waals surface area contributed by atoms with Crippen LogP contribution < -0.4 is 10.6 Å². The summed E-state index contributed by atoms with van der Waals surface area (Å²) in [7, 11) is 1.84. The lowest BCUT2D eigenvalue weighted by molar-refractivity contribution is 0.0949. The summed E-state index contributed by atoms with van der Waals surface area (Å²) in [6.07, 6.45) is 4.51. The minimum absolute atomic E-state index is 0.182. The van der Waals surface area contributed by atoms with Crippen molar-refractivity contribution in [2.24, 2.45) is 7.05 Å². The smallest absolute Gasteiger partial charge is 0.255 e. The predicted octanol–water partition coefficient (Wildman–Crippen LogP) is 1.32. The highest BCUT2D eigenvalue weighted by Gasteiger charge is 2.14. The largest absolute Gasteiger partial charge is 0.370 e. The maximum absolute atomic E-state index is 13.2. The lowest BCUT2D eigenvalue weighted by atomic mass is 10.2. The molecule has 7 heteroatoms. The number of hydrogen-bond acceptors (Lipinski definition) is 4. The molecule has 0 radical (unpaired) electrons. The van der Waals surface area contributed by atoms with Crippen LogP contribution in [-0.4, -0.2) is 27.0 Å². The Balaban J connectivity index is 2.12. The van der Waals surface area contributed by atoms with E-state index in [-0.39, 0.29) is 12.1 Å². The molecule has 0 bridgehead atoms. The second kappa shape index (κ2) is 6.14. The van der Waals surface area contributed by atoms with Crippen LogP contribution in [0.1, 0.15) is 23.1 Å². The van der Waals surface area contributed by atoms with Crippen LogP contribution in [0, 0.1) is 5.82 Å². The van der Waals surface area contributed by atoms with Gasteiger partial charge in [0.2, 0.25) is 0 Å². The third-order valence-electron chi connectivity index (χ3n) is 2.77. The predicted molar refractivity (Wildman–Crippen MR) is 72.7 cm³/mol. The van der Waals surface area contributed by atoms with E-state index in [1.165, 1.54) is 6.07 Å². The van der Waals surface area contributed by atoms with Gasteiger partial charge in [0.05, 0.1) is 18.3 Å². The van der Waals surface area contributed by atoms with E-state index in [4.69, 9.17) is 0 Å². The molecule has 0 aliphatic heterocycles. The summed E-state index contributed by atoms with van der Waals surface area (Å²) in [5.74, 6) is 0.142. The molecule has 2 N–H and O–H groups in total. The quantitative estimate of drug-likeness (QED) is 0.864. The molecule has 20 heavy (non-hydrogen) atoms. The molecule has 0 aliphatic carbocycles. The molecule has 0 atom stereocenters. The standard InChI is InChI=1S/C13H16FN5O/c1-3-15-12-10(6-9(14)7-17-12)13(20)18-8-11-16-4-5-19(11)2/h4-7H,3,8H2,1-2H3,(H,15,17)(H,18,20). The second-order valence-corrected chi connectivity index (χ2v) is 4.22. The Bertz CT molecular complexity index is 611. The molecule has 2 rings (SSSR count). The molecule has 2 heterocycles. The molecule has 0 saturated heterocycles. The van der Waals surface area contributed by atoms with Crippen molar-refractivity contribution >= 4 is 11.7 Å². The van der Waals surface area contributed by atoms with E-state index >= 15 is 0 Å². The van der Waals surface area contributed by atoms with E-state index in [2.05, 4.69) is 20.6 Å². The van der Waals surface area contributed by atoms with E-state index in [1.54, 1.807) is 17.0 Å². The number of anilines is 1. The summed E-state index contributed by atoms with van der Waals surface area (Å²) in [5, 5.41) is 5.63. The Morgan fingerprint density at radius 1 is 1.45 bits per heavy atom. The van der Waals surface area contributed by atoms with Gasteiger partial charge in [-0.3, -0.25) is 4.79 Å². The van der Waals surface area contributed by atoms with Gasteiger partial charge in [0.25, 0.3) is 5.91 Å². The van der Waals surface area contributed by atoms with Crippen LogP contribution >= 0.6 is 0 Å². The SMILES string of the molecule is CCNc1ncc(F)cc1C(=O)NCc1nccn1C. The number of rotatable bonds is 5. The van der Waals surface area contributed by atoms with Gasteiger partial charge in [0.15, 0.2) is 0 Å². The lowest BCUT2D eigenvalue weighted by Crippen LogP contribution is -2.26. The van der Waals surface area contributed by atoms with Gasteiger partial charge in [-0.05, 0) is 13.0 Å². The van der Waals surface area contributed by atoms with Crippen LogP contribution in [0.25, 0.3) is 0 Å². The molecular formula is C13H16FN5O. The summed E-state index contributed by atoms with van der Waals surface area (Å²) in [6.45, 7) is 2.74. The van der Waals surface area contributed by atoms with Crippen molar-refractivity contribution in [3.05, 3.63) is 41.9 Å². The number of aryl methyl sites for hydroxylation is 1. The molecule has 0 unspecified atom stereocenters. The number of pyridine rings is 1. The minimum atomic E-state index is -0.547. The molecule has 2 aromatic heterocycles. The van der Waals surface area contributed by atoms with E-state index in [1.807, 2.05) is 14.0 Å². The Hall–Kier alpha value is -2.44. The molecule has 0 fully saturated rings. The van der Waals surface area contributed by atoms with E-state index in [0.717, 1.165) is 6.20 Å². The van der Waals surface area contributed by atoms with Gasteiger partial charge in [0, 0.05) is 26.0 Å². The van der Waals surface area contributed by atoms with Crippen molar-refractivity contribution in [1.29, 1.82) is 0 Å². The molecular weight excluding hydrogens is 261 g/mol. The average molecular weight is 277 g/mol. The van der Waals surface area contributed by atoms with E-state index in [9.17, 15) is 9.18 Å². The van der Waals surface area contributed by atoms with E-state index < -0.39 is 11.7 Å². The summed E-state index contributed by atoms with van der Waals surface area (Å²) < 4.78 is 15.0. The zero-order valence-corrected chi connectivity index (χ0v) is 11.4. The number of carbonyl (C=O) groups is 1. The van der Waals surface area contributed by atoms with E-state index in [0.29, 0.717) is 18.2 Å². The van der Waals surface area contributed by atoms with Gasteiger partial charge in [-0.2, -0.15) is 0 Å². The van der Waals surface area contributed by atoms with Crippen molar-refractivity contribution in [3.63, 3.8) is 0 Å². The van der Waals surface area contributed by atoms with Crippen molar-refractivity contribution in [3.8, 4) is 0 Å². The van der Waals surface area contributed by atoms with Gasteiger partial charge >= 0.3 is 0 Å². The van der Waals surface area contributed by atoms with Gasteiger partial charge in [-0.25, -0.2) is 14.4 Å².